The van der Waals surface area contributed by atoms with Gasteiger partial charge in [-0.05, 0) is 29.8 Å². The fraction of sp³-hybridized carbons (Fsp3) is 0.0417. The molecule has 2 N–H and O–H groups in total. The van der Waals surface area contributed by atoms with Crippen molar-refractivity contribution >= 4 is 60.7 Å². The van der Waals surface area contributed by atoms with Gasteiger partial charge < -0.3 is 5.73 Å². The van der Waals surface area contributed by atoms with Gasteiger partial charge in [0.05, 0.1) is 26.1 Å². The van der Waals surface area contributed by atoms with Gasteiger partial charge in [-0.15, -0.1) is 11.3 Å². The second-order valence-corrected chi connectivity index (χ2v) is 10.4. The van der Waals surface area contributed by atoms with Crippen molar-refractivity contribution in [3.8, 4) is 16.3 Å². The smallest absolute Gasteiger partial charge is 0.213 e. The third-order valence-corrected chi connectivity index (χ3v) is 8.33. The van der Waals surface area contributed by atoms with E-state index in [9.17, 15) is 0 Å². The SMILES string of the molecule is Nc1c(-c2ccccc2)c(CSc2nc3ccccc3s2)nn1-c1nc2ccccc2s1. The van der Waals surface area contributed by atoms with E-state index in [-0.39, 0.29) is 0 Å². The maximum absolute atomic E-state index is 6.67. The first-order valence-corrected chi connectivity index (χ1v) is 12.7. The molecule has 8 heteroatoms. The van der Waals surface area contributed by atoms with Crippen LogP contribution < -0.4 is 5.73 Å². The molecular formula is C24H17N5S3. The van der Waals surface area contributed by atoms with Crippen LogP contribution in [0, 0.1) is 0 Å². The lowest BCUT2D eigenvalue weighted by molar-refractivity contribution is 0.862. The zero-order chi connectivity index (χ0) is 21.5. The van der Waals surface area contributed by atoms with Gasteiger partial charge in [0, 0.05) is 11.3 Å². The lowest BCUT2D eigenvalue weighted by atomic mass is 10.1. The van der Waals surface area contributed by atoms with Gasteiger partial charge in [-0.1, -0.05) is 77.7 Å². The van der Waals surface area contributed by atoms with E-state index in [0.717, 1.165) is 42.0 Å². The maximum Gasteiger partial charge on any atom is 0.213 e. The summed E-state index contributed by atoms with van der Waals surface area (Å²) in [5, 5.41) is 5.69. The van der Waals surface area contributed by atoms with Crippen LogP contribution in [0.5, 0.6) is 0 Å². The topological polar surface area (TPSA) is 69.6 Å². The highest BCUT2D eigenvalue weighted by molar-refractivity contribution is 8.00. The normalized spacial score (nSPS) is 11.5. The van der Waals surface area contributed by atoms with Crippen molar-refractivity contribution in [2.75, 3.05) is 5.73 Å². The molecule has 6 rings (SSSR count). The minimum absolute atomic E-state index is 0.607. The van der Waals surface area contributed by atoms with Gasteiger partial charge in [0.15, 0.2) is 4.34 Å². The van der Waals surface area contributed by atoms with Crippen molar-refractivity contribution in [1.29, 1.82) is 0 Å². The van der Waals surface area contributed by atoms with Crippen LogP contribution in [0.4, 0.5) is 5.82 Å². The van der Waals surface area contributed by atoms with Gasteiger partial charge in [0.1, 0.15) is 5.82 Å². The molecule has 0 saturated carbocycles. The maximum atomic E-state index is 6.67. The highest BCUT2D eigenvalue weighted by Crippen LogP contribution is 2.38. The molecular weight excluding hydrogens is 455 g/mol. The molecule has 156 valence electrons. The van der Waals surface area contributed by atoms with Crippen molar-refractivity contribution in [1.82, 2.24) is 19.7 Å². The number of nitrogen functional groups attached to an aromatic ring is 1. The first kappa shape index (κ1) is 19.5. The summed E-state index contributed by atoms with van der Waals surface area (Å²) in [4.78, 5) is 9.51. The standard InChI is InChI=1S/C24H17N5S3/c25-22-21(15-8-2-1-3-9-15)18(14-30-24-27-17-11-5-7-13-20(17)32-24)28-29(22)23-26-16-10-4-6-12-19(16)31-23/h1-13H,14,25H2. The number of thiazole rings is 2. The number of fused-ring (bicyclic) bond motifs is 2. The Labute approximate surface area is 196 Å². The molecule has 6 aromatic rings. The van der Waals surface area contributed by atoms with E-state index in [1.165, 1.54) is 4.70 Å². The molecule has 3 aromatic heterocycles. The number of hydrogen-bond donors (Lipinski definition) is 1. The molecule has 0 bridgehead atoms. The number of benzene rings is 3. The molecule has 32 heavy (non-hydrogen) atoms. The van der Waals surface area contributed by atoms with E-state index in [1.54, 1.807) is 39.1 Å². The number of nitrogens with two attached hydrogens (primary N) is 1. The first-order valence-electron chi connectivity index (χ1n) is 10.0. The molecule has 0 radical (unpaired) electrons. The zero-order valence-corrected chi connectivity index (χ0v) is 19.3. The Hall–Kier alpha value is -3.20. The highest BCUT2D eigenvalue weighted by atomic mass is 32.2. The molecule has 0 aliphatic heterocycles. The zero-order valence-electron chi connectivity index (χ0n) is 16.8. The molecule has 3 aromatic carbocycles. The molecule has 0 aliphatic carbocycles. The third-order valence-electron chi connectivity index (χ3n) is 5.13. The molecule has 0 aliphatic rings. The van der Waals surface area contributed by atoms with E-state index in [4.69, 9.17) is 20.8 Å². The van der Waals surface area contributed by atoms with Crippen LogP contribution in [0.1, 0.15) is 5.69 Å². The van der Waals surface area contributed by atoms with Gasteiger partial charge in [-0.2, -0.15) is 9.78 Å². The van der Waals surface area contributed by atoms with Crippen LogP contribution >= 0.6 is 34.4 Å². The van der Waals surface area contributed by atoms with Crippen LogP contribution in [-0.4, -0.2) is 19.7 Å². The quantitative estimate of drug-likeness (QED) is 0.286. The number of rotatable bonds is 5. The Morgan fingerprint density at radius 1 is 0.781 bits per heavy atom. The minimum Gasteiger partial charge on any atom is -0.383 e. The predicted molar refractivity (Wildman–Crippen MR) is 136 cm³/mol. The largest absolute Gasteiger partial charge is 0.383 e. The predicted octanol–water partition coefficient (Wildman–Crippen LogP) is 6.63. The van der Waals surface area contributed by atoms with Crippen LogP contribution in [0.25, 0.3) is 36.7 Å². The Morgan fingerprint density at radius 3 is 2.16 bits per heavy atom. The van der Waals surface area contributed by atoms with Gasteiger partial charge in [-0.25, -0.2) is 9.97 Å². The van der Waals surface area contributed by atoms with E-state index >= 15 is 0 Å². The average Bonchev–Trinajstić information content (AvgIpc) is 3.52. The van der Waals surface area contributed by atoms with Crippen molar-refractivity contribution in [2.24, 2.45) is 0 Å². The molecule has 0 fully saturated rings. The lowest BCUT2D eigenvalue weighted by Gasteiger charge is -2.03. The Kier molecular flexibility index (Phi) is 4.90. The fourth-order valence-corrected chi connectivity index (χ4v) is 6.57. The summed E-state index contributed by atoms with van der Waals surface area (Å²) in [6, 6.07) is 26.5. The average molecular weight is 472 g/mol. The van der Waals surface area contributed by atoms with Crippen LogP contribution in [0.15, 0.2) is 83.2 Å². The van der Waals surface area contributed by atoms with Gasteiger partial charge in [-0.3, -0.25) is 0 Å². The second-order valence-electron chi connectivity index (χ2n) is 7.19. The number of nitrogens with zero attached hydrogens (tertiary/aromatic N) is 4. The number of para-hydroxylation sites is 2. The summed E-state index contributed by atoms with van der Waals surface area (Å²) in [7, 11) is 0. The molecule has 3 heterocycles. The van der Waals surface area contributed by atoms with Crippen LogP contribution in [0.3, 0.4) is 0 Å². The van der Waals surface area contributed by atoms with Crippen molar-refractivity contribution in [2.45, 2.75) is 10.1 Å². The van der Waals surface area contributed by atoms with Gasteiger partial charge >= 0.3 is 0 Å². The van der Waals surface area contributed by atoms with E-state index in [0.29, 0.717) is 11.6 Å². The molecule has 0 atom stereocenters. The van der Waals surface area contributed by atoms with Gasteiger partial charge in [0.25, 0.3) is 0 Å². The minimum atomic E-state index is 0.607. The number of thioether (sulfide) groups is 1. The van der Waals surface area contributed by atoms with Gasteiger partial charge in [0.2, 0.25) is 5.13 Å². The third kappa shape index (κ3) is 3.46. The monoisotopic (exact) mass is 471 g/mol. The van der Waals surface area contributed by atoms with Crippen LogP contribution in [0.2, 0.25) is 0 Å². The highest BCUT2D eigenvalue weighted by Gasteiger charge is 2.21. The van der Waals surface area contributed by atoms with E-state index < -0.39 is 0 Å². The fourth-order valence-electron chi connectivity index (χ4n) is 3.64. The van der Waals surface area contributed by atoms with E-state index in [2.05, 4.69) is 24.3 Å². The lowest BCUT2D eigenvalue weighted by Crippen LogP contribution is -2.01. The Balaban J connectivity index is 1.42. The van der Waals surface area contributed by atoms with Crippen molar-refractivity contribution < 1.29 is 0 Å². The molecule has 0 amide bonds. The molecule has 0 saturated heterocycles. The summed E-state index contributed by atoms with van der Waals surface area (Å²) < 4.78 is 5.11. The Morgan fingerprint density at radius 2 is 1.44 bits per heavy atom. The molecule has 0 spiro atoms. The summed E-state index contributed by atoms with van der Waals surface area (Å²) in [5.41, 5.74) is 11.6. The molecule has 0 unspecified atom stereocenters. The summed E-state index contributed by atoms with van der Waals surface area (Å²) in [5.74, 6) is 1.28. The Bertz CT molecular complexity index is 1480. The first-order chi connectivity index (χ1) is 15.8. The number of anilines is 1. The summed E-state index contributed by atoms with van der Waals surface area (Å²) in [6.45, 7) is 0. The van der Waals surface area contributed by atoms with E-state index in [1.807, 2.05) is 54.6 Å². The molecule has 5 nitrogen and oxygen atoms in total. The number of hydrogen-bond acceptors (Lipinski definition) is 7. The van der Waals surface area contributed by atoms with Crippen molar-refractivity contribution in [3.63, 3.8) is 0 Å². The summed E-state index contributed by atoms with van der Waals surface area (Å²) >= 11 is 4.99. The summed E-state index contributed by atoms with van der Waals surface area (Å²) in [6.07, 6.45) is 0. The second kappa shape index (κ2) is 8.05. The van der Waals surface area contributed by atoms with Crippen LogP contribution in [-0.2, 0) is 5.75 Å². The van der Waals surface area contributed by atoms with Crippen molar-refractivity contribution in [3.05, 3.63) is 84.6 Å². The number of aromatic nitrogens is 4.